The lowest BCUT2D eigenvalue weighted by molar-refractivity contribution is -0.111. The van der Waals surface area contributed by atoms with Crippen molar-refractivity contribution in [2.45, 2.75) is 18.8 Å². The zero-order valence-electron chi connectivity index (χ0n) is 8.76. The van der Waals surface area contributed by atoms with Gasteiger partial charge < -0.3 is 9.21 Å². The molecule has 0 bridgehead atoms. The fourth-order valence-electron chi connectivity index (χ4n) is 1.69. The summed E-state index contributed by atoms with van der Waals surface area (Å²) in [5, 5.41) is 0. The van der Waals surface area contributed by atoms with E-state index in [4.69, 9.17) is 4.42 Å². The van der Waals surface area contributed by atoms with Gasteiger partial charge in [-0.1, -0.05) is 12.2 Å². The second kappa shape index (κ2) is 6.02. The smallest absolute Gasteiger partial charge is 0.124 e. The zero-order chi connectivity index (χ0) is 11.1. The van der Waals surface area contributed by atoms with Gasteiger partial charge in [-0.3, -0.25) is 0 Å². The van der Waals surface area contributed by atoms with Crippen molar-refractivity contribution in [1.29, 1.82) is 0 Å². The third-order valence-corrected chi connectivity index (χ3v) is 2.46. The average molecular weight is 204 g/mol. The van der Waals surface area contributed by atoms with Crippen molar-refractivity contribution >= 4 is 6.29 Å². The minimum Gasteiger partial charge on any atom is -0.469 e. The highest BCUT2D eigenvalue weighted by molar-refractivity contribution is 5.56. The molecular weight excluding hydrogens is 188 g/mol. The number of hydrogen-bond donors (Lipinski definition) is 0. The Bertz CT molecular complexity index is 311. The first-order chi connectivity index (χ1) is 7.33. The molecule has 2 nitrogen and oxygen atoms in total. The Balaban J connectivity index is 2.84. The van der Waals surface area contributed by atoms with E-state index in [0.717, 1.165) is 18.5 Å². The van der Waals surface area contributed by atoms with Crippen LogP contribution in [0.2, 0.25) is 0 Å². The molecule has 1 heterocycles. The van der Waals surface area contributed by atoms with Gasteiger partial charge in [0.2, 0.25) is 0 Å². The van der Waals surface area contributed by atoms with E-state index in [1.807, 2.05) is 18.2 Å². The van der Waals surface area contributed by atoms with Gasteiger partial charge in [0.15, 0.2) is 0 Å². The zero-order valence-corrected chi connectivity index (χ0v) is 8.76. The Labute approximate surface area is 90.3 Å². The molecule has 0 saturated heterocycles. The normalized spacial score (nSPS) is 14.1. The van der Waals surface area contributed by atoms with Crippen LogP contribution >= 0.6 is 0 Å². The summed E-state index contributed by atoms with van der Waals surface area (Å²) in [7, 11) is 0. The van der Waals surface area contributed by atoms with E-state index in [9.17, 15) is 4.79 Å². The third kappa shape index (κ3) is 2.94. The Kier molecular flexibility index (Phi) is 4.61. The van der Waals surface area contributed by atoms with Crippen molar-refractivity contribution in [3.63, 3.8) is 0 Å². The molecule has 0 aliphatic heterocycles. The van der Waals surface area contributed by atoms with Crippen molar-refractivity contribution in [2.24, 2.45) is 5.92 Å². The van der Waals surface area contributed by atoms with Crippen molar-refractivity contribution in [1.82, 2.24) is 0 Å². The maximum Gasteiger partial charge on any atom is 0.124 e. The van der Waals surface area contributed by atoms with Crippen LogP contribution in [0, 0.1) is 5.92 Å². The first-order valence-corrected chi connectivity index (χ1v) is 5.04. The van der Waals surface area contributed by atoms with Crippen molar-refractivity contribution in [2.75, 3.05) is 0 Å². The predicted octanol–water partition coefficient (Wildman–Crippen LogP) is 3.33. The van der Waals surface area contributed by atoms with Gasteiger partial charge in [0, 0.05) is 11.8 Å². The summed E-state index contributed by atoms with van der Waals surface area (Å²) >= 11 is 0. The molecule has 2 unspecified atom stereocenters. The summed E-state index contributed by atoms with van der Waals surface area (Å²) < 4.78 is 5.34. The first kappa shape index (κ1) is 11.5. The minimum atomic E-state index is -0.0772. The van der Waals surface area contributed by atoms with Crippen LogP contribution in [0.15, 0.2) is 48.1 Å². The van der Waals surface area contributed by atoms with Crippen LogP contribution in [0.1, 0.15) is 24.5 Å². The summed E-state index contributed by atoms with van der Waals surface area (Å²) in [5.74, 6) is 0.841. The van der Waals surface area contributed by atoms with E-state index in [1.165, 1.54) is 0 Å². The Morgan fingerprint density at radius 3 is 2.53 bits per heavy atom. The number of hydrogen-bond acceptors (Lipinski definition) is 2. The lowest BCUT2D eigenvalue weighted by Gasteiger charge is -2.18. The largest absolute Gasteiger partial charge is 0.469 e. The van der Waals surface area contributed by atoms with Gasteiger partial charge in [0.25, 0.3) is 0 Å². The summed E-state index contributed by atoms with van der Waals surface area (Å²) in [6.07, 6.45) is 7.58. The summed E-state index contributed by atoms with van der Waals surface area (Å²) in [6.45, 7) is 7.36. The van der Waals surface area contributed by atoms with Crippen molar-refractivity contribution in [3.8, 4) is 0 Å². The molecule has 0 radical (unpaired) electrons. The highest BCUT2D eigenvalue weighted by Crippen LogP contribution is 2.30. The van der Waals surface area contributed by atoms with Crippen LogP contribution in [0.5, 0.6) is 0 Å². The van der Waals surface area contributed by atoms with Crippen LogP contribution in [0.4, 0.5) is 0 Å². The minimum absolute atomic E-state index is 0.0769. The van der Waals surface area contributed by atoms with Gasteiger partial charge in [-0.15, -0.1) is 13.2 Å². The Morgan fingerprint density at radius 2 is 2.07 bits per heavy atom. The van der Waals surface area contributed by atoms with E-state index in [0.29, 0.717) is 6.42 Å². The van der Waals surface area contributed by atoms with Gasteiger partial charge in [-0.05, 0) is 25.0 Å². The molecule has 0 spiro atoms. The van der Waals surface area contributed by atoms with E-state index in [1.54, 1.807) is 12.3 Å². The fraction of sp³-hybridized carbons (Fsp3) is 0.308. The van der Waals surface area contributed by atoms with Gasteiger partial charge in [0.1, 0.15) is 12.0 Å². The van der Waals surface area contributed by atoms with Crippen LogP contribution in [-0.2, 0) is 4.79 Å². The van der Waals surface area contributed by atoms with Gasteiger partial charge >= 0.3 is 0 Å². The number of furan rings is 1. The van der Waals surface area contributed by atoms with Crippen LogP contribution in [-0.4, -0.2) is 6.29 Å². The quantitative estimate of drug-likeness (QED) is 0.503. The van der Waals surface area contributed by atoms with E-state index in [2.05, 4.69) is 13.2 Å². The molecule has 2 heteroatoms. The molecular formula is C13H16O2. The number of allylic oxidation sites excluding steroid dienone is 2. The predicted molar refractivity (Wildman–Crippen MR) is 60.6 cm³/mol. The van der Waals surface area contributed by atoms with E-state index in [-0.39, 0.29) is 11.8 Å². The van der Waals surface area contributed by atoms with Gasteiger partial charge in [-0.25, -0.2) is 0 Å². The fourth-order valence-corrected chi connectivity index (χ4v) is 1.69. The Morgan fingerprint density at radius 1 is 1.33 bits per heavy atom. The maximum absolute atomic E-state index is 11.0. The van der Waals surface area contributed by atoms with Gasteiger partial charge in [0.05, 0.1) is 6.26 Å². The molecule has 0 aromatic carbocycles. The number of carbonyl (C=O) groups is 1. The molecule has 0 N–H and O–H groups in total. The summed E-state index contributed by atoms with van der Waals surface area (Å²) in [4.78, 5) is 11.0. The topological polar surface area (TPSA) is 30.2 Å². The van der Waals surface area contributed by atoms with E-state index < -0.39 is 0 Å². The summed E-state index contributed by atoms with van der Waals surface area (Å²) in [5.41, 5.74) is 0. The lowest BCUT2D eigenvalue weighted by atomic mass is 9.86. The molecule has 1 aromatic rings. The van der Waals surface area contributed by atoms with Crippen LogP contribution in [0.25, 0.3) is 0 Å². The monoisotopic (exact) mass is 204 g/mol. The molecule has 1 rings (SSSR count). The highest BCUT2D eigenvalue weighted by atomic mass is 16.3. The first-order valence-electron chi connectivity index (χ1n) is 5.04. The van der Waals surface area contributed by atoms with Crippen LogP contribution in [0.3, 0.4) is 0 Å². The average Bonchev–Trinajstić information content (AvgIpc) is 2.76. The number of aldehydes is 1. The lowest BCUT2D eigenvalue weighted by Crippen LogP contribution is -2.12. The number of carbonyl (C=O) groups excluding carboxylic acids is 1. The second-order valence-electron chi connectivity index (χ2n) is 3.47. The molecule has 0 amide bonds. The van der Waals surface area contributed by atoms with E-state index >= 15 is 0 Å². The van der Waals surface area contributed by atoms with Gasteiger partial charge in [-0.2, -0.15) is 0 Å². The molecule has 0 aliphatic rings. The molecule has 15 heavy (non-hydrogen) atoms. The van der Waals surface area contributed by atoms with Crippen LogP contribution < -0.4 is 0 Å². The Hall–Kier alpha value is -1.57. The third-order valence-electron chi connectivity index (χ3n) is 2.46. The SMILES string of the molecule is C=CCC(C=O)C(CC=C)c1ccco1. The molecule has 0 fully saturated rings. The maximum atomic E-state index is 11.0. The molecule has 2 atom stereocenters. The second-order valence-corrected chi connectivity index (χ2v) is 3.47. The number of rotatable bonds is 7. The molecule has 1 aromatic heterocycles. The highest BCUT2D eigenvalue weighted by Gasteiger charge is 2.22. The molecule has 0 aliphatic carbocycles. The van der Waals surface area contributed by atoms with Crippen molar-refractivity contribution < 1.29 is 9.21 Å². The molecule has 80 valence electrons. The standard InChI is InChI=1S/C13H16O2/c1-3-6-11(10-14)12(7-4-2)13-8-5-9-15-13/h3-5,8-12H,1-2,6-7H2. The molecule has 0 saturated carbocycles. The van der Waals surface area contributed by atoms with Crippen molar-refractivity contribution in [3.05, 3.63) is 49.5 Å². The summed E-state index contributed by atoms with van der Waals surface area (Å²) in [6, 6.07) is 3.73.